The fraction of sp³-hybridized carbons (Fsp3) is 0.308. The monoisotopic (exact) mass is 507 g/mol. The van der Waals surface area contributed by atoms with Crippen molar-refractivity contribution >= 4 is 39.9 Å². The molecule has 0 bridgehead atoms. The number of methoxy groups -OCH3 is 2. The lowest BCUT2D eigenvalue weighted by molar-refractivity contribution is -0.128. The van der Waals surface area contributed by atoms with Crippen LogP contribution in [0.15, 0.2) is 59.3 Å². The normalized spacial score (nSPS) is 12.2. The fourth-order valence-electron chi connectivity index (χ4n) is 3.93. The maximum atomic E-state index is 14.1. The van der Waals surface area contributed by atoms with E-state index in [0.29, 0.717) is 28.3 Å². The number of benzene rings is 2. The zero-order valence-corrected chi connectivity index (χ0v) is 21.7. The van der Waals surface area contributed by atoms with Gasteiger partial charge in [0.1, 0.15) is 29.6 Å². The third kappa shape index (κ3) is 5.33. The number of anilines is 1. The van der Waals surface area contributed by atoms with E-state index in [1.807, 2.05) is 61.9 Å². The summed E-state index contributed by atoms with van der Waals surface area (Å²) >= 11 is 1.45. The summed E-state index contributed by atoms with van der Waals surface area (Å²) < 4.78 is 12.5. The van der Waals surface area contributed by atoms with E-state index in [4.69, 9.17) is 9.47 Å². The molecule has 1 unspecified atom stereocenters. The number of carbonyl (C=O) groups excluding carboxylic acids is 2. The summed E-state index contributed by atoms with van der Waals surface area (Å²) in [7, 11) is 3.07. The minimum Gasteiger partial charge on any atom is -0.497 e. The Balaban J connectivity index is 1.85. The first-order valence-electron chi connectivity index (χ1n) is 11.4. The van der Waals surface area contributed by atoms with Crippen LogP contribution in [0.1, 0.15) is 32.4 Å². The van der Waals surface area contributed by atoms with Crippen molar-refractivity contribution in [3.8, 4) is 11.5 Å². The minimum atomic E-state index is -0.944. The largest absolute Gasteiger partial charge is 0.497 e. The number of carbonyl (C=O) groups is 2. The maximum absolute atomic E-state index is 14.1. The predicted octanol–water partition coefficient (Wildman–Crippen LogP) is 4.20. The van der Waals surface area contributed by atoms with Gasteiger partial charge in [-0.1, -0.05) is 17.3 Å². The first-order valence-corrected chi connectivity index (χ1v) is 12.3. The zero-order chi connectivity index (χ0) is 25.9. The van der Waals surface area contributed by atoms with E-state index in [-0.39, 0.29) is 18.4 Å². The van der Waals surface area contributed by atoms with E-state index in [9.17, 15) is 9.59 Å². The Kier molecular flexibility index (Phi) is 7.25. The number of rotatable bonds is 8. The van der Waals surface area contributed by atoms with Crippen molar-refractivity contribution in [1.29, 1.82) is 0 Å². The number of ether oxygens (including phenoxy) is 2. The second-order valence-corrected chi connectivity index (χ2v) is 10.0. The number of nitrogens with one attached hydrogen (secondary N) is 1. The van der Waals surface area contributed by atoms with Crippen LogP contribution in [-0.2, 0) is 16.1 Å². The van der Waals surface area contributed by atoms with Crippen LogP contribution in [-0.4, -0.2) is 46.6 Å². The highest BCUT2D eigenvalue weighted by molar-refractivity contribution is 7.08. The average Bonchev–Trinajstić information content (AvgIpc) is 3.51. The van der Waals surface area contributed by atoms with Gasteiger partial charge < -0.3 is 14.8 Å². The molecule has 0 saturated heterocycles. The molecule has 2 aromatic heterocycles. The number of aromatic nitrogens is 3. The third-order valence-corrected chi connectivity index (χ3v) is 6.19. The van der Waals surface area contributed by atoms with Crippen LogP contribution in [0.25, 0.3) is 11.0 Å². The SMILES string of the molecule is COc1ccc(N(C(=O)Cn2nnc3ccccc32)C(C(=O)NC(C)(C)C)c2ccsc2)c(OC)c1. The number of amides is 2. The molecule has 0 spiro atoms. The molecule has 0 fully saturated rings. The first kappa shape index (κ1) is 25.2. The second kappa shape index (κ2) is 10.4. The molecule has 4 rings (SSSR count). The van der Waals surface area contributed by atoms with Crippen LogP contribution in [0.4, 0.5) is 5.69 Å². The predicted molar refractivity (Wildman–Crippen MR) is 140 cm³/mol. The summed E-state index contributed by atoms with van der Waals surface area (Å²) in [5.74, 6) is 0.302. The molecule has 1 atom stereocenters. The van der Waals surface area contributed by atoms with Crippen LogP contribution in [0.2, 0.25) is 0 Å². The molecule has 4 aromatic rings. The number of thiophene rings is 1. The molecular formula is C26H29N5O4S. The van der Waals surface area contributed by atoms with E-state index in [1.54, 1.807) is 25.3 Å². The highest BCUT2D eigenvalue weighted by Gasteiger charge is 2.36. The van der Waals surface area contributed by atoms with Gasteiger partial charge >= 0.3 is 0 Å². The fourth-order valence-corrected chi connectivity index (χ4v) is 4.60. The summed E-state index contributed by atoms with van der Waals surface area (Å²) in [6, 6.07) is 13.4. The molecule has 0 aliphatic carbocycles. The van der Waals surface area contributed by atoms with Crippen LogP contribution in [0.3, 0.4) is 0 Å². The highest BCUT2D eigenvalue weighted by Crippen LogP contribution is 2.38. The van der Waals surface area contributed by atoms with Crippen LogP contribution in [0, 0.1) is 0 Å². The standard InChI is InChI=1S/C26H29N5O4S/c1-26(2,3)27-25(33)24(17-12-13-36-16-17)31(21-11-10-18(34-4)14-22(21)35-5)23(32)15-30-20-9-7-6-8-19(20)28-29-30/h6-14,16,24H,15H2,1-5H3,(H,27,33). The molecule has 9 nitrogen and oxygen atoms in total. The Morgan fingerprint density at radius 1 is 1.11 bits per heavy atom. The number of para-hydroxylation sites is 1. The lowest BCUT2D eigenvalue weighted by Crippen LogP contribution is -2.50. The van der Waals surface area contributed by atoms with Crippen molar-refractivity contribution < 1.29 is 19.1 Å². The van der Waals surface area contributed by atoms with Crippen molar-refractivity contribution in [3.63, 3.8) is 0 Å². The average molecular weight is 508 g/mol. The Bertz CT molecular complexity index is 1360. The second-order valence-electron chi connectivity index (χ2n) is 9.24. The molecule has 10 heteroatoms. The van der Waals surface area contributed by atoms with Gasteiger partial charge in [-0.05, 0) is 67.4 Å². The number of hydrogen-bond acceptors (Lipinski definition) is 7. The van der Waals surface area contributed by atoms with Gasteiger partial charge in [-0.2, -0.15) is 11.3 Å². The van der Waals surface area contributed by atoms with E-state index in [1.165, 1.54) is 28.0 Å². The van der Waals surface area contributed by atoms with Crippen LogP contribution in [0.5, 0.6) is 11.5 Å². The van der Waals surface area contributed by atoms with Gasteiger partial charge in [0.25, 0.3) is 0 Å². The van der Waals surface area contributed by atoms with Gasteiger partial charge in [0.15, 0.2) is 0 Å². The summed E-state index contributed by atoms with van der Waals surface area (Å²) in [6.45, 7) is 5.57. The molecule has 1 N–H and O–H groups in total. The van der Waals surface area contributed by atoms with Gasteiger partial charge in [0.2, 0.25) is 11.8 Å². The summed E-state index contributed by atoms with van der Waals surface area (Å²) in [4.78, 5) is 29.2. The topological polar surface area (TPSA) is 98.6 Å². The molecule has 2 aromatic carbocycles. The van der Waals surface area contributed by atoms with Gasteiger partial charge in [0, 0.05) is 11.6 Å². The first-order chi connectivity index (χ1) is 17.2. The van der Waals surface area contributed by atoms with Gasteiger partial charge in [-0.15, -0.1) is 5.10 Å². The Morgan fingerprint density at radius 2 is 1.89 bits per heavy atom. The van der Waals surface area contributed by atoms with Crippen LogP contribution < -0.4 is 19.7 Å². The number of hydrogen-bond donors (Lipinski definition) is 1. The molecule has 0 saturated carbocycles. The van der Waals surface area contributed by atoms with E-state index in [2.05, 4.69) is 15.6 Å². The molecule has 0 aliphatic rings. The third-order valence-electron chi connectivity index (χ3n) is 5.48. The van der Waals surface area contributed by atoms with Crippen molar-refractivity contribution in [1.82, 2.24) is 20.3 Å². The Morgan fingerprint density at radius 3 is 2.56 bits per heavy atom. The lowest BCUT2D eigenvalue weighted by atomic mass is 10.0. The molecule has 188 valence electrons. The van der Waals surface area contributed by atoms with E-state index >= 15 is 0 Å². The Labute approximate surface area is 213 Å². The van der Waals surface area contributed by atoms with Crippen molar-refractivity contribution in [2.45, 2.75) is 38.9 Å². The summed E-state index contributed by atoms with van der Waals surface area (Å²) in [5.41, 5.74) is 2.02. The maximum Gasteiger partial charge on any atom is 0.249 e. The number of nitrogens with zero attached hydrogens (tertiary/aromatic N) is 4. The van der Waals surface area contributed by atoms with Gasteiger partial charge in [0.05, 0.1) is 25.4 Å². The molecule has 0 aliphatic heterocycles. The van der Waals surface area contributed by atoms with Crippen molar-refractivity contribution in [3.05, 3.63) is 64.9 Å². The van der Waals surface area contributed by atoms with E-state index < -0.39 is 11.6 Å². The lowest BCUT2D eigenvalue weighted by Gasteiger charge is -2.34. The molecule has 2 heterocycles. The molecule has 2 amide bonds. The van der Waals surface area contributed by atoms with Crippen molar-refractivity contribution in [2.24, 2.45) is 0 Å². The quantitative estimate of drug-likeness (QED) is 0.384. The zero-order valence-electron chi connectivity index (χ0n) is 20.9. The van der Waals surface area contributed by atoms with Crippen LogP contribution >= 0.6 is 11.3 Å². The summed E-state index contributed by atoms with van der Waals surface area (Å²) in [5, 5.41) is 15.1. The van der Waals surface area contributed by atoms with E-state index in [0.717, 1.165) is 5.52 Å². The smallest absolute Gasteiger partial charge is 0.249 e. The molecular weight excluding hydrogens is 478 g/mol. The molecule has 36 heavy (non-hydrogen) atoms. The van der Waals surface area contributed by atoms with Gasteiger partial charge in [-0.25, -0.2) is 4.68 Å². The minimum absolute atomic E-state index is 0.126. The van der Waals surface area contributed by atoms with Gasteiger partial charge in [-0.3, -0.25) is 14.5 Å². The van der Waals surface area contributed by atoms with Crippen molar-refractivity contribution in [2.75, 3.05) is 19.1 Å². The molecule has 0 radical (unpaired) electrons. The highest BCUT2D eigenvalue weighted by atomic mass is 32.1. The Hall–Kier alpha value is -3.92. The summed E-state index contributed by atoms with van der Waals surface area (Å²) in [6.07, 6.45) is 0. The number of fused-ring (bicyclic) bond motifs is 1.